The molecule has 2 saturated heterocycles. The predicted molar refractivity (Wildman–Crippen MR) is 108 cm³/mol. The van der Waals surface area contributed by atoms with Crippen molar-refractivity contribution in [2.45, 2.75) is 25.4 Å². The maximum atomic E-state index is 12.7. The van der Waals surface area contributed by atoms with Gasteiger partial charge in [-0.3, -0.25) is 24.2 Å². The molecule has 0 bridgehead atoms. The molecule has 3 amide bonds. The van der Waals surface area contributed by atoms with E-state index in [4.69, 9.17) is 17.3 Å². The molecule has 9 heteroatoms. The smallest absolute Gasteiger partial charge is 0.326 e. The molecule has 2 fully saturated rings. The molecule has 3 rings (SSSR count). The summed E-state index contributed by atoms with van der Waals surface area (Å²) in [4.78, 5) is 50.7. The molecule has 0 aromatic heterocycles. The molecule has 0 radical (unpaired) electrons. The van der Waals surface area contributed by atoms with E-state index in [1.165, 1.54) is 6.92 Å². The minimum absolute atomic E-state index is 0.167. The number of carboxylic acid groups (broad SMARTS) is 1. The van der Waals surface area contributed by atoms with E-state index in [0.29, 0.717) is 9.81 Å². The summed E-state index contributed by atoms with van der Waals surface area (Å²) in [5.74, 6) is -3.12. The predicted octanol–water partition coefficient (Wildman–Crippen LogP) is 2.04. The summed E-state index contributed by atoms with van der Waals surface area (Å²) in [5, 5.41) is 9.09. The first-order valence-corrected chi connectivity index (χ1v) is 9.61. The molecule has 2 aliphatic heterocycles. The van der Waals surface area contributed by atoms with Crippen molar-refractivity contribution in [1.29, 1.82) is 0 Å². The van der Waals surface area contributed by atoms with Gasteiger partial charge >= 0.3 is 5.97 Å². The molecular weight excluding hydrogens is 400 g/mol. The average Bonchev–Trinajstić information content (AvgIpc) is 3.10. The van der Waals surface area contributed by atoms with Gasteiger partial charge in [0.1, 0.15) is 16.4 Å². The van der Waals surface area contributed by atoms with Gasteiger partial charge in [-0.25, -0.2) is 4.79 Å². The summed E-state index contributed by atoms with van der Waals surface area (Å²) in [6, 6.07) is 7.11. The monoisotopic (exact) mass is 416 g/mol. The highest BCUT2D eigenvalue weighted by Crippen LogP contribution is 2.35. The van der Waals surface area contributed by atoms with Crippen LogP contribution >= 0.6 is 24.0 Å². The molecule has 1 aromatic rings. The van der Waals surface area contributed by atoms with Crippen LogP contribution in [0.5, 0.6) is 0 Å². The third kappa shape index (κ3) is 3.76. The number of thioether (sulfide) groups is 1. The average molecular weight is 416 g/mol. The van der Waals surface area contributed by atoms with Crippen LogP contribution in [0.25, 0.3) is 6.08 Å². The highest BCUT2D eigenvalue weighted by molar-refractivity contribution is 8.26. The lowest BCUT2D eigenvalue weighted by molar-refractivity contribution is -0.154. The number of aliphatic carboxylic acids is 1. The van der Waals surface area contributed by atoms with Crippen molar-refractivity contribution in [3.63, 3.8) is 0 Å². The van der Waals surface area contributed by atoms with E-state index in [0.717, 1.165) is 22.2 Å². The zero-order valence-electron chi connectivity index (χ0n) is 14.8. The van der Waals surface area contributed by atoms with Gasteiger partial charge < -0.3 is 5.11 Å². The van der Waals surface area contributed by atoms with Crippen molar-refractivity contribution in [3.8, 4) is 0 Å². The molecule has 2 heterocycles. The topological polar surface area (TPSA) is 95.0 Å². The summed E-state index contributed by atoms with van der Waals surface area (Å²) >= 11 is 6.27. The van der Waals surface area contributed by atoms with E-state index in [1.54, 1.807) is 12.2 Å². The van der Waals surface area contributed by atoms with Crippen molar-refractivity contribution in [2.75, 3.05) is 0 Å². The highest BCUT2D eigenvalue weighted by Gasteiger charge is 2.50. The fourth-order valence-electron chi connectivity index (χ4n) is 2.93. The van der Waals surface area contributed by atoms with Crippen molar-refractivity contribution >= 4 is 58.1 Å². The van der Waals surface area contributed by atoms with Gasteiger partial charge in [0.05, 0.1) is 11.3 Å². The van der Waals surface area contributed by atoms with Gasteiger partial charge in [-0.1, -0.05) is 66.5 Å². The van der Waals surface area contributed by atoms with Gasteiger partial charge in [0.15, 0.2) is 0 Å². The SMILES string of the molecule is C[C@H](C(=O)O)N1C(=O)C[C@@H](N2C(=O)/C(=C/C=C/c3ccccc3)SC2=S)C1=O. The first kappa shape index (κ1) is 20.0. The summed E-state index contributed by atoms with van der Waals surface area (Å²) in [6.45, 7) is 1.25. The van der Waals surface area contributed by atoms with Gasteiger partial charge in [0.2, 0.25) is 5.91 Å². The lowest BCUT2D eigenvalue weighted by atomic mass is 10.2. The number of hydrogen-bond acceptors (Lipinski definition) is 6. The zero-order chi connectivity index (χ0) is 20.4. The van der Waals surface area contributed by atoms with Crippen LogP contribution < -0.4 is 0 Å². The Morgan fingerprint density at radius 3 is 2.61 bits per heavy atom. The van der Waals surface area contributed by atoms with Crippen LogP contribution in [-0.2, 0) is 19.2 Å². The van der Waals surface area contributed by atoms with Crippen molar-refractivity contribution in [2.24, 2.45) is 0 Å². The number of rotatable bonds is 5. The lowest BCUT2D eigenvalue weighted by Crippen LogP contribution is -2.48. The summed E-state index contributed by atoms with van der Waals surface area (Å²) in [7, 11) is 0. The molecule has 28 heavy (non-hydrogen) atoms. The number of nitrogens with zero attached hydrogens (tertiary/aromatic N) is 2. The van der Waals surface area contributed by atoms with Crippen LogP contribution in [0, 0.1) is 0 Å². The van der Waals surface area contributed by atoms with E-state index in [2.05, 4.69) is 0 Å². The Kier molecular flexibility index (Phi) is 5.76. The lowest BCUT2D eigenvalue weighted by Gasteiger charge is -2.23. The Bertz CT molecular complexity index is 926. The number of carbonyl (C=O) groups is 4. The Balaban J connectivity index is 1.78. The number of amides is 3. The summed E-state index contributed by atoms with van der Waals surface area (Å²) in [6.07, 6.45) is 4.86. The fraction of sp³-hybridized carbons (Fsp3) is 0.211. The van der Waals surface area contributed by atoms with Gasteiger partial charge in [-0.05, 0) is 18.6 Å². The van der Waals surface area contributed by atoms with E-state index < -0.39 is 35.8 Å². The fourth-order valence-corrected chi connectivity index (χ4v) is 4.24. The Labute approximate surface area is 170 Å². The molecule has 1 aromatic carbocycles. The quantitative estimate of drug-likeness (QED) is 0.446. The number of benzene rings is 1. The third-order valence-electron chi connectivity index (χ3n) is 4.37. The molecule has 1 N–H and O–H groups in total. The molecule has 0 saturated carbocycles. The van der Waals surface area contributed by atoms with E-state index in [-0.39, 0.29) is 10.7 Å². The Hall–Kier alpha value is -2.78. The third-order valence-corrected chi connectivity index (χ3v) is 5.72. The van der Waals surface area contributed by atoms with Crippen molar-refractivity contribution in [3.05, 3.63) is 53.0 Å². The second-order valence-electron chi connectivity index (χ2n) is 6.18. The molecular formula is C19H16N2O5S2. The van der Waals surface area contributed by atoms with Crippen molar-refractivity contribution < 1.29 is 24.3 Å². The highest BCUT2D eigenvalue weighted by atomic mass is 32.2. The second-order valence-corrected chi connectivity index (χ2v) is 7.86. The zero-order valence-corrected chi connectivity index (χ0v) is 16.4. The molecule has 0 spiro atoms. The number of hydrogen-bond donors (Lipinski definition) is 1. The van der Waals surface area contributed by atoms with Crippen LogP contribution in [0.1, 0.15) is 18.9 Å². The normalized spacial score (nSPS) is 22.8. The first-order valence-electron chi connectivity index (χ1n) is 8.38. The van der Waals surface area contributed by atoms with E-state index in [9.17, 15) is 19.2 Å². The molecule has 7 nitrogen and oxygen atoms in total. The molecule has 0 aliphatic carbocycles. The Morgan fingerprint density at radius 2 is 1.96 bits per heavy atom. The van der Waals surface area contributed by atoms with Crippen LogP contribution in [0.2, 0.25) is 0 Å². The van der Waals surface area contributed by atoms with Crippen LogP contribution in [0.4, 0.5) is 0 Å². The molecule has 2 aliphatic rings. The maximum Gasteiger partial charge on any atom is 0.326 e. The van der Waals surface area contributed by atoms with Crippen LogP contribution in [0.15, 0.2) is 47.4 Å². The molecule has 2 atom stereocenters. The maximum absolute atomic E-state index is 12.7. The summed E-state index contributed by atoms with van der Waals surface area (Å²) in [5.41, 5.74) is 0.962. The van der Waals surface area contributed by atoms with Crippen molar-refractivity contribution in [1.82, 2.24) is 9.80 Å². The van der Waals surface area contributed by atoms with Gasteiger partial charge in [0, 0.05) is 0 Å². The number of thiocarbonyl (C=S) groups is 1. The Morgan fingerprint density at radius 1 is 1.29 bits per heavy atom. The van der Waals surface area contributed by atoms with Crippen LogP contribution in [0.3, 0.4) is 0 Å². The van der Waals surface area contributed by atoms with Gasteiger partial charge in [-0.15, -0.1) is 0 Å². The molecule has 0 unspecified atom stereocenters. The number of allylic oxidation sites excluding steroid dienone is 2. The largest absolute Gasteiger partial charge is 0.480 e. The molecule has 144 valence electrons. The number of carboxylic acids is 1. The van der Waals surface area contributed by atoms with E-state index >= 15 is 0 Å². The van der Waals surface area contributed by atoms with E-state index in [1.807, 2.05) is 36.4 Å². The first-order chi connectivity index (χ1) is 13.3. The van der Waals surface area contributed by atoms with Gasteiger partial charge in [-0.2, -0.15) is 0 Å². The second kappa shape index (κ2) is 8.07. The summed E-state index contributed by atoms with van der Waals surface area (Å²) < 4.78 is 0.167. The van der Waals surface area contributed by atoms with Crippen LogP contribution in [-0.4, -0.2) is 55.0 Å². The number of imide groups is 1. The minimum atomic E-state index is -1.30. The van der Waals surface area contributed by atoms with Gasteiger partial charge in [0.25, 0.3) is 11.8 Å². The number of carbonyl (C=O) groups excluding carboxylic acids is 3. The standard InChI is InChI=1S/C19H16N2O5S2/c1-11(18(25)26)20-15(22)10-13(16(20)23)21-17(24)14(28-19(21)27)9-5-8-12-6-3-2-4-7-12/h2-9,11,13H,10H2,1H3,(H,25,26)/b8-5+,14-9-/t11-,13-/m1/s1. The minimum Gasteiger partial charge on any atom is -0.480 e. The number of likely N-dealkylation sites (tertiary alicyclic amines) is 1.